The Bertz CT molecular complexity index is 463. The van der Waals surface area contributed by atoms with Crippen LogP contribution in [0, 0.1) is 5.92 Å². The van der Waals surface area contributed by atoms with Crippen LogP contribution in [-0.4, -0.2) is 42.9 Å². The number of unbranched alkanes of at least 4 members (excludes halogenated alkanes) is 2. The molecule has 150 valence electrons. The van der Waals surface area contributed by atoms with Crippen LogP contribution in [-0.2, 0) is 28.7 Å². The molecule has 0 radical (unpaired) electrons. The van der Waals surface area contributed by atoms with Gasteiger partial charge in [0.1, 0.15) is 11.8 Å². The molecule has 0 aromatic rings. The summed E-state index contributed by atoms with van der Waals surface area (Å²) in [6.45, 7) is 7.38. The van der Waals surface area contributed by atoms with E-state index in [0.717, 1.165) is 6.42 Å². The first-order valence-electron chi connectivity index (χ1n) is 9.40. The quantitative estimate of drug-likeness (QED) is 0.372. The van der Waals surface area contributed by atoms with Crippen LogP contribution >= 0.6 is 0 Å². The van der Waals surface area contributed by atoms with Gasteiger partial charge in [0.25, 0.3) is 0 Å². The number of nitrogens with one attached hydrogen (secondary N) is 1. The first kappa shape index (κ1) is 24.1. The highest BCUT2D eigenvalue weighted by Gasteiger charge is 2.16. The molecule has 0 fully saturated rings. The molecule has 0 aromatic carbocycles. The lowest BCUT2D eigenvalue weighted by molar-refractivity contribution is -0.150. The first-order valence-corrected chi connectivity index (χ1v) is 9.40. The Labute approximate surface area is 156 Å². The fraction of sp³-hybridized carbons (Fsp3) is 0.789. The van der Waals surface area contributed by atoms with E-state index in [1.54, 1.807) is 6.92 Å². The number of esters is 2. The molecule has 0 spiro atoms. The van der Waals surface area contributed by atoms with Crippen molar-refractivity contribution in [2.45, 2.75) is 78.7 Å². The summed E-state index contributed by atoms with van der Waals surface area (Å²) >= 11 is 0. The van der Waals surface area contributed by atoms with Gasteiger partial charge in [-0.25, -0.2) is 4.79 Å². The van der Waals surface area contributed by atoms with Gasteiger partial charge in [-0.05, 0) is 46.0 Å². The molecule has 0 aromatic heterocycles. The Hall–Kier alpha value is -1.92. The molecule has 0 aliphatic heterocycles. The largest absolute Gasteiger partial charge is 0.465 e. The van der Waals surface area contributed by atoms with Crippen LogP contribution in [0.15, 0.2) is 0 Å². The van der Waals surface area contributed by atoms with Crippen LogP contribution in [0.1, 0.15) is 72.6 Å². The molecule has 7 nitrogen and oxygen atoms in total. The van der Waals surface area contributed by atoms with Gasteiger partial charge in [0.2, 0.25) is 5.91 Å². The topological polar surface area (TPSA) is 98.8 Å². The number of ketones is 1. The zero-order valence-electron chi connectivity index (χ0n) is 16.5. The third kappa shape index (κ3) is 12.4. The van der Waals surface area contributed by atoms with E-state index >= 15 is 0 Å². The summed E-state index contributed by atoms with van der Waals surface area (Å²) in [5, 5.41) is 2.59. The van der Waals surface area contributed by atoms with E-state index in [2.05, 4.69) is 5.32 Å². The normalized spacial score (nSPS) is 12.8. The molecular formula is C19H33NO6. The number of rotatable bonds is 14. The second kappa shape index (κ2) is 14.3. The Morgan fingerprint density at radius 2 is 1.38 bits per heavy atom. The molecule has 0 saturated carbocycles. The number of carbonyl (C=O) groups is 4. The van der Waals surface area contributed by atoms with Gasteiger partial charge >= 0.3 is 11.9 Å². The lowest BCUT2D eigenvalue weighted by Gasteiger charge is -2.13. The van der Waals surface area contributed by atoms with Crippen molar-refractivity contribution in [1.82, 2.24) is 5.32 Å². The molecule has 1 N–H and O–H groups in total. The zero-order valence-corrected chi connectivity index (χ0v) is 16.5. The Kier molecular flexibility index (Phi) is 13.2. The maximum absolute atomic E-state index is 11.8. The fourth-order valence-electron chi connectivity index (χ4n) is 2.02. The van der Waals surface area contributed by atoms with E-state index in [4.69, 9.17) is 9.47 Å². The summed E-state index contributed by atoms with van der Waals surface area (Å²) in [6.07, 6.45) is 3.99. The molecular weight excluding hydrogens is 338 g/mol. The van der Waals surface area contributed by atoms with Gasteiger partial charge in [0, 0.05) is 12.8 Å². The van der Waals surface area contributed by atoms with Crippen molar-refractivity contribution >= 4 is 23.6 Å². The van der Waals surface area contributed by atoms with Gasteiger partial charge in [-0.3, -0.25) is 9.59 Å². The van der Waals surface area contributed by atoms with Crippen molar-refractivity contribution < 1.29 is 28.7 Å². The van der Waals surface area contributed by atoms with Gasteiger partial charge in [-0.2, -0.15) is 0 Å². The van der Waals surface area contributed by atoms with E-state index in [-0.39, 0.29) is 36.6 Å². The summed E-state index contributed by atoms with van der Waals surface area (Å²) in [4.78, 5) is 45.8. The van der Waals surface area contributed by atoms with Crippen molar-refractivity contribution in [1.29, 1.82) is 0 Å². The highest BCUT2D eigenvalue weighted by atomic mass is 16.5. The van der Waals surface area contributed by atoms with Gasteiger partial charge < -0.3 is 19.6 Å². The van der Waals surface area contributed by atoms with Gasteiger partial charge in [0.05, 0.1) is 19.1 Å². The molecule has 0 aliphatic rings. The molecule has 7 heteroatoms. The zero-order chi connectivity index (χ0) is 19.9. The molecule has 0 heterocycles. The second-order valence-corrected chi connectivity index (χ2v) is 6.55. The van der Waals surface area contributed by atoms with E-state index in [1.165, 1.54) is 6.92 Å². The van der Waals surface area contributed by atoms with Crippen molar-refractivity contribution in [3.63, 3.8) is 0 Å². The average Bonchev–Trinajstić information content (AvgIpc) is 2.60. The highest BCUT2D eigenvalue weighted by Crippen LogP contribution is 2.04. The Morgan fingerprint density at radius 3 is 1.92 bits per heavy atom. The van der Waals surface area contributed by atoms with Crippen LogP contribution in [0.25, 0.3) is 0 Å². The molecule has 0 rings (SSSR count). The predicted molar refractivity (Wildman–Crippen MR) is 97.4 cm³/mol. The standard InChI is InChI=1S/C19H33NO6/c1-5-14(2)18(23)25-12-8-9-13-26-19(24)16(4)20-17(22)11-7-6-10-15(3)21/h14,16H,5-13H2,1-4H3,(H,20,22). The molecule has 1 amide bonds. The number of carbonyl (C=O) groups excluding carboxylic acids is 4. The number of ether oxygens (including phenoxy) is 2. The number of amides is 1. The van der Waals surface area contributed by atoms with Gasteiger partial charge in [-0.1, -0.05) is 13.8 Å². The molecule has 2 atom stereocenters. The molecule has 0 aliphatic carbocycles. The SMILES string of the molecule is CCC(C)C(=O)OCCCCOC(=O)C(C)NC(=O)CCCCC(C)=O. The van der Waals surface area contributed by atoms with Gasteiger partial charge in [-0.15, -0.1) is 0 Å². The van der Waals surface area contributed by atoms with Crippen LogP contribution in [0.2, 0.25) is 0 Å². The van der Waals surface area contributed by atoms with Crippen LogP contribution in [0.5, 0.6) is 0 Å². The van der Waals surface area contributed by atoms with Crippen LogP contribution < -0.4 is 5.32 Å². The highest BCUT2D eigenvalue weighted by molar-refractivity contribution is 5.84. The van der Waals surface area contributed by atoms with Crippen molar-refractivity contribution in [3.05, 3.63) is 0 Å². The van der Waals surface area contributed by atoms with Crippen LogP contribution in [0.3, 0.4) is 0 Å². The number of Topliss-reactive ketones (excluding diaryl/α,β-unsaturated/α-hetero) is 1. The van der Waals surface area contributed by atoms with E-state index in [1.807, 2.05) is 13.8 Å². The lowest BCUT2D eigenvalue weighted by atomic mass is 10.1. The molecule has 26 heavy (non-hydrogen) atoms. The summed E-state index contributed by atoms with van der Waals surface area (Å²) in [5.41, 5.74) is 0. The van der Waals surface area contributed by atoms with E-state index < -0.39 is 12.0 Å². The monoisotopic (exact) mass is 371 g/mol. The fourth-order valence-corrected chi connectivity index (χ4v) is 2.02. The lowest BCUT2D eigenvalue weighted by Crippen LogP contribution is -2.39. The van der Waals surface area contributed by atoms with Crippen molar-refractivity contribution in [2.24, 2.45) is 5.92 Å². The van der Waals surface area contributed by atoms with E-state index in [0.29, 0.717) is 38.7 Å². The van der Waals surface area contributed by atoms with Crippen LogP contribution in [0.4, 0.5) is 0 Å². The number of hydrogen-bond acceptors (Lipinski definition) is 6. The third-order valence-electron chi connectivity index (χ3n) is 3.96. The summed E-state index contributed by atoms with van der Waals surface area (Å²) < 4.78 is 10.2. The number of hydrogen-bond donors (Lipinski definition) is 1. The van der Waals surface area contributed by atoms with E-state index in [9.17, 15) is 19.2 Å². The van der Waals surface area contributed by atoms with Crippen molar-refractivity contribution in [2.75, 3.05) is 13.2 Å². The summed E-state index contributed by atoms with van der Waals surface area (Å²) in [7, 11) is 0. The first-order chi connectivity index (χ1) is 12.3. The average molecular weight is 371 g/mol. The van der Waals surface area contributed by atoms with Crippen molar-refractivity contribution in [3.8, 4) is 0 Å². The second-order valence-electron chi connectivity index (χ2n) is 6.55. The third-order valence-corrected chi connectivity index (χ3v) is 3.96. The summed E-state index contributed by atoms with van der Waals surface area (Å²) in [5.74, 6) is -0.908. The minimum atomic E-state index is -0.710. The minimum Gasteiger partial charge on any atom is -0.465 e. The Morgan fingerprint density at radius 1 is 0.846 bits per heavy atom. The molecule has 0 saturated heterocycles. The predicted octanol–water partition coefficient (Wildman–Crippen LogP) is 2.55. The van der Waals surface area contributed by atoms with Gasteiger partial charge in [0.15, 0.2) is 0 Å². The molecule has 0 bridgehead atoms. The maximum atomic E-state index is 11.8. The maximum Gasteiger partial charge on any atom is 0.328 e. The smallest absolute Gasteiger partial charge is 0.328 e. The molecule has 2 unspecified atom stereocenters. The minimum absolute atomic E-state index is 0.0975. The Balaban J connectivity index is 3.74. The summed E-state index contributed by atoms with van der Waals surface area (Å²) in [6, 6.07) is -0.710.